The van der Waals surface area contributed by atoms with Gasteiger partial charge in [0.2, 0.25) is 0 Å². The minimum atomic E-state index is 0.259. The number of rotatable bonds is 0. The van der Waals surface area contributed by atoms with Crippen LogP contribution in [-0.4, -0.2) is 10.1 Å². The fourth-order valence-electron chi connectivity index (χ4n) is 2.11. The van der Waals surface area contributed by atoms with Crippen molar-refractivity contribution in [2.45, 2.75) is 6.92 Å². The first-order chi connectivity index (χ1) is 7.75. The Kier molecular flexibility index (Phi) is 1.83. The molecule has 0 spiro atoms. The number of aromatic nitrogens is 1. The fraction of sp³-hybridized carbons (Fsp3) is 0.0714. The molecular weight excluding hydrogens is 198 g/mol. The summed E-state index contributed by atoms with van der Waals surface area (Å²) < 4.78 is 0. The van der Waals surface area contributed by atoms with E-state index in [1.165, 1.54) is 10.8 Å². The Hall–Kier alpha value is -2.09. The fourth-order valence-corrected chi connectivity index (χ4v) is 2.11. The molecule has 1 aromatic heterocycles. The molecule has 78 valence electrons. The van der Waals surface area contributed by atoms with Crippen LogP contribution in [0, 0.1) is 6.92 Å². The summed E-state index contributed by atoms with van der Waals surface area (Å²) in [4.78, 5) is 4.50. The van der Waals surface area contributed by atoms with Crippen LogP contribution in [-0.2, 0) is 0 Å². The lowest BCUT2D eigenvalue weighted by Gasteiger charge is -2.06. The third-order valence-corrected chi connectivity index (χ3v) is 2.88. The maximum absolute atomic E-state index is 9.45. The van der Waals surface area contributed by atoms with Crippen LogP contribution in [0.1, 0.15) is 5.69 Å². The highest BCUT2D eigenvalue weighted by Crippen LogP contribution is 2.27. The van der Waals surface area contributed by atoms with E-state index in [2.05, 4.69) is 17.1 Å². The Bertz CT molecular complexity index is 689. The van der Waals surface area contributed by atoms with Crippen molar-refractivity contribution < 1.29 is 5.11 Å². The molecule has 0 fully saturated rings. The molecule has 0 saturated heterocycles. The summed E-state index contributed by atoms with van der Waals surface area (Å²) in [7, 11) is 0. The summed E-state index contributed by atoms with van der Waals surface area (Å²) in [5.74, 6) is 0.259. The van der Waals surface area contributed by atoms with E-state index in [9.17, 15) is 5.11 Å². The summed E-state index contributed by atoms with van der Waals surface area (Å²) in [5.41, 5.74) is 1.84. The molecule has 0 aliphatic carbocycles. The molecule has 0 bridgehead atoms. The number of phenols is 1. The van der Waals surface area contributed by atoms with Crippen molar-refractivity contribution in [3.8, 4) is 5.75 Å². The monoisotopic (exact) mass is 209 g/mol. The van der Waals surface area contributed by atoms with Crippen LogP contribution in [0.25, 0.3) is 21.7 Å². The normalized spacial score (nSPS) is 11.1. The van der Waals surface area contributed by atoms with Crippen molar-refractivity contribution in [3.05, 3.63) is 48.2 Å². The van der Waals surface area contributed by atoms with E-state index in [0.717, 1.165) is 16.6 Å². The second kappa shape index (κ2) is 3.20. The SMILES string of the molecule is Cc1nc2cc(O)ccc2c2ccccc12. The molecule has 3 rings (SSSR count). The van der Waals surface area contributed by atoms with E-state index in [0.29, 0.717) is 0 Å². The number of fused-ring (bicyclic) bond motifs is 3. The van der Waals surface area contributed by atoms with E-state index >= 15 is 0 Å². The highest BCUT2D eigenvalue weighted by atomic mass is 16.3. The summed E-state index contributed by atoms with van der Waals surface area (Å²) in [6, 6.07) is 13.5. The van der Waals surface area contributed by atoms with E-state index in [4.69, 9.17) is 0 Å². The quantitative estimate of drug-likeness (QED) is 0.575. The van der Waals surface area contributed by atoms with Gasteiger partial charge in [0, 0.05) is 22.5 Å². The Labute approximate surface area is 93.2 Å². The lowest BCUT2D eigenvalue weighted by molar-refractivity contribution is 0.476. The molecule has 0 aliphatic rings. The zero-order valence-electron chi connectivity index (χ0n) is 8.94. The van der Waals surface area contributed by atoms with Crippen LogP contribution in [0.15, 0.2) is 42.5 Å². The maximum atomic E-state index is 9.45. The van der Waals surface area contributed by atoms with E-state index in [-0.39, 0.29) is 5.75 Å². The van der Waals surface area contributed by atoms with Gasteiger partial charge in [0.05, 0.1) is 5.52 Å². The standard InChI is InChI=1S/C14H11NO/c1-9-11-4-2-3-5-12(11)13-7-6-10(16)8-14(13)15-9/h2-8,16H,1H3. The summed E-state index contributed by atoms with van der Waals surface area (Å²) in [6.07, 6.45) is 0. The van der Waals surface area contributed by atoms with Gasteiger partial charge < -0.3 is 5.11 Å². The van der Waals surface area contributed by atoms with Gasteiger partial charge in [0.25, 0.3) is 0 Å². The maximum Gasteiger partial charge on any atom is 0.117 e. The van der Waals surface area contributed by atoms with Crippen molar-refractivity contribution in [2.24, 2.45) is 0 Å². The van der Waals surface area contributed by atoms with Gasteiger partial charge in [-0.1, -0.05) is 24.3 Å². The van der Waals surface area contributed by atoms with E-state index < -0.39 is 0 Å². The summed E-state index contributed by atoms with van der Waals surface area (Å²) in [6.45, 7) is 1.99. The van der Waals surface area contributed by atoms with Crippen LogP contribution < -0.4 is 0 Å². The number of pyridine rings is 1. The first kappa shape index (κ1) is 9.16. The Morgan fingerprint density at radius 1 is 0.938 bits per heavy atom. The van der Waals surface area contributed by atoms with Crippen LogP contribution in [0.5, 0.6) is 5.75 Å². The zero-order chi connectivity index (χ0) is 11.1. The van der Waals surface area contributed by atoms with Gasteiger partial charge in [0.1, 0.15) is 5.75 Å². The Balaban J connectivity index is 2.59. The molecule has 0 unspecified atom stereocenters. The van der Waals surface area contributed by atoms with Crippen molar-refractivity contribution in [1.82, 2.24) is 4.98 Å². The molecule has 0 saturated carbocycles. The zero-order valence-corrected chi connectivity index (χ0v) is 8.94. The predicted molar refractivity (Wildman–Crippen MR) is 65.7 cm³/mol. The Morgan fingerprint density at radius 2 is 1.69 bits per heavy atom. The topological polar surface area (TPSA) is 33.1 Å². The van der Waals surface area contributed by atoms with Crippen LogP contribution in [0.3, 0.4) is 0 Å². The molecule has 1 N–H and O–H groups in total. The highest BCUT2D eigenvalue weighted by Gasteiger charge is 2.04. The average molecular weight is 209 g/mol. The van der Waals surface area contributed by atoms with E-state index in [1.54, 1.807) is 12.1 Å². The molecule has 0 radical (unpaired) electrons. The molecule has 2 aromatic carbocycles. The third-order valence-electron chi connectivity index (χ3n) is 2.88. The summed E-state index contributed by atoms with van der Waals surface area (Å²) in [5, 5.41) is 12.9. The first-order valence-electron chi connectivity index (χ1n) is 5.24. The molecule has 0 atom stereocenters. The van der Waals surface area contributed by atoms with Crippen molar-refractivity contribution in [3.63, 3.8) is 0 Å². The van der Waals surface area contributed by atoms with Gasteiger partial charge in [0.15, 0.2) is 0 Å². The molecule has 0 amide bonds. The van der Waals surface area contributed by atoms with Gasteiger partial charge in [-0.2, -0.15) is 0 Å². The molecule has 1 heterocycles. The van der Waals surface area contributed by atoms with Gasteiger partial charge >= 0.3 is 0 Å². The smallest absolute Gasteiger partial charge is 0.117 e. The van der Waals surface area contributed by atoms with Gasteiger partial charge in [-0.3, -0.25) is 4.98 Å². The second-order valence-corrected chi connectivity index (χ2v) is 3.94. The van der Waals surface area contributed by atoms with Crippen molar-refractivity contribution in [1.29, 1.82) is 0 Å². The number of nitrogens with zero attached hydrogens (tertiary/aromatic N) is 1. The average Bonchev–Trinajstić information content (AvgIpc) is 2.29. The molecule has 16 heavy (non-hydrogen) atoms. The lowest BCUT2D eigenvalue weighted by atomic mass is 10.0. The third kappa shape index (κ3) is 1.23. The number of benzene rings is 2. The van der Waals surface area contributed by atoms with Crippen LogP contribution in [0.4, 0.5) is 0 Å². The van der Waals surface area contributed by atoms with E-state index in [1.807, 2.05) is 25.1 Å². The number of aryl methyl sites for hydroxylation is 1. The molecule has 0 aliphatic heterocycles. The van der Waals surface area contributed by atoms with Gasteiger partial charge in [-0.15, -0.1) is 0 Å². The summed E-state index contributed by atoms with van der Waals surface area (Å²) >= 11 is 0. The number of aromatic hydroxyl groups is 1. The number of phenolic OH excluding ortho intramolecular Hbond substituents is 1. The molecule has 2 heteroatoms. The minimum absolute atomic E-state index is 0.259. The van der Waals surface area contributed by atoms with Crippen LogP contribution >= 0.6 is 0 Å². The predicted octanol–water partition coefficient (Wildman–Crippen LogP) is 3.40. The molecular formula is C14H11NO. The minimum Gasteiger partial charge on any atom is -0.508 e. The molecule has 2 nitrogen and oxygen atoms in total. The molecule has 3 aromatic rings. The highest BCUT2D eigenvalue weighted by molar-refractivity contribution is 6.06. The second-order valence-electron chi connectivity index (χ2n) is 3.94. The Morgan fingerprint density at radius 3 is 2.50 bits per heavy atom. The number of hydrogen-bond acceptors (Lipinski definition) is 2. The van der Waals surface area contributed by atoms with Gasteiger partial charge in [-0.05, 0) is 24.4 Å². The largest absolute Gasteiger partial charge is 0.508 e. The van der Waals surface area contributed by atoms with Gasteiger partial charge in [-0.25, -0.2) is 0 Å². The van der Waals surface area contributed by atoms with Crippen molar-refractivity contribution >= 4 is 21.7 Å². The van der Waals surface area contributed by atoms with Crippen LogP contribution in [0.2, 0.25) is 0 Å². The number of hydrogen-bond donors (Lipinski definition) is 1. The first-order valence-corrected chi connectivity index (χ1v) is 5.24. The van der Waals surface area contributed by atoms with Crippen molar-refractivity contribution in [2.75, 3.05) is 0 Å². The lowest BCUT2D eigenvalue weighted by Crippen LogP contribution is -1.87.